The number of carbonyl (C=O) groups excluding carboxylic acids is 1. The van der Waals surface area contributed by atoms with Crippen LogP contribution in [0.2, 0.25) is 0 Å². The molecule has 0 bridgehead atoms. The van der Waals surface area contributed by atoms with E-state index in [-0.39, 0.29) is 5.91 Å². The Morgan fingerprint density at radius 3 is 3.05 bits per heavy atom. The zero-order valence-electron chi connectivity index (χ0n) is 13.1. The Morgan fingerprint density at radius 2 is 2.24 bits per heavy atom. The molecular weight excluding hydrogens is 262 g/mol. The van der Waals surface area contributed by atoms with Gasteiger partial charge in [0.2, 0.25) is 0 Å². The third kappa shape index (κ3) is 2.83. The minimum Gasteiger partial charge on any atom is -0.336 e. The van der Waals surface area contributed by atoms with Gasteiger partial charge in [0.1, 0.15) is 0 Å². The summed E-state index contributed by atoms with van der Waals surface area (Å²) >= 11 is 0. The molecule has 0 saturated carbocycles. The molecule has 1 fully saturated rings. The van der Waals surface area contributed by atoms with Crippen LogP contribution in [0, 0.1) is 0 Å². The van der Waals surface area contributed by atoms with E-state index in [0.29, 0.717) is 6.04 Å². The van der Waals surface area contributed by atoms with Gasteiger partial charge in [0, 0.05) is 37.8 Å². The van der Waals surface area contributed by atoms with Crippen molar-refractivity contribution in [3.8, 4) is 0 Å². The Labute approximate surface area is 127 Å². The average Bonchev–Trinajstić information content (AvgIpc) is 2.54. The molecule has 1 aromatic carbocycles. The van der Waals surface area contributed by atoms with E-state index in [1.165, 1.54) is 11.1 Å². The fourth-order valence-electron chi connectivity index (χ4n) is 3.47. The van der Waals surface area contributed by atoms with Crippen molar-refractivity contribution in [3.63, 3.8) is 0 Å². The van der Waals surface area contributed by atoms with Crippen molar-refractivity contribution >= 4 is 5.91 Å². The monoisotopic (exact) mass is 287 g/mol. The molecule has 1 saturated heterocycles. The second-order valence-corrected chi connectivity index (χ2v) is 6.16. The average molecular weight is 287 g/mol. The number of carbonyl (C=O) groups is 1. The third-order valence-corrected chi connectivity index (χ3v) is 4.91. The number of amides is 1. The quantitative estimate of drug-likeness (QED) is 0.895. The molecule has 1 aromatic rings. The summed E-state index contributed by atoms with van der Waals surface area (Å²) in [5, 5.41) is 3.38. The maximum atomic E-state index is 12.9. The summed E-state index contributed by atoms with van der Waals surface area (Å²) < 4.78 is 0. The predicted octanol–water partition coefficient (Wildman–Crippen LogP) is 1.50. The van der Waals surface area contributed by atoms with Gasteiger partial charge in [-0.2, -0.15) is 0 Å². The third-order valence-electron chi connectivity index (χ3n) is 4.91. The molecule has 4 nitrogen and oxygen atoms in total. The van der Waals surface area contributed by atoms with Gasteiger partial charge in [0.15, 0.2) is 0 Å². The van der Waals surface area contributed by atoms with Gasteiger partial charge in [-0.1, -0.05) is 19.1 Å². The lowest BCUT2D eigenvalue weighted by molar-refractivity contribution is 0.0540. The predicted molar refractivity (Wildman–Crippen MR) is 84.5 cm³/mol. The van der Waals surface area contributed by atoms with Crippen LogP contribution in [0.4, 0.5) is 0 Å². The summed E-state index contributed by atoms with van der Waals surface area (Å²) in [5.74, 6) is 0.223. The Bertz CT molecular complexity index is 529. The topological polar surface area (TPSA) is 35.6 Å². The van der Waals surface area contributed by atoms with E-state index in [4.69, 9.17) is 0 Å². The van der Waals surface area contributed by atoms with Gasteiger partial charge in [0.25, 0.3) is 5.91 Å². The summed E-state index contributed by atoms with van der Waals surface area (Å²) in [6.07, 6.45) is 2.05. The number of likely N-dealkylation sites (N-methyl/N-ethyl adjacent to an activating group) is 1. The van der Waals surface area contributed by atoms with Crippen molar-refractivity contribution in [2.24, 2.45) is 0 Å². The summed E-state index contributed by atoms with van der Waals surface area (Å²) in [4.78, 5) is 17.3. The van der Waals surface area contributed by atoms with Crippen molar-refractivity contribution < 1.29 is 4.79 Å². The highest BCUT2D eigenvalue weighted by atomic mass is 16.2. The van der Waals surface area contributed by atoms with Crippen molar-refractivity contribution in [3.05, 3.63) is 34.9 Å². The van der Waals surface area contributed by atoms with Crippen LogP contribution in [0.1, 0.15) is 34.8 Å². The number of nitrogens with zero attached hydrogens (tertiary/aromatic N) is 2. The number of rotatable bonds is 2. The van der Waals surface area contributed by atoms with Gasteiger partial charge < -0.3 is 10.2 Å². The second-order valence-electron chi connectivity index (χ2n) is 6.16. The molecule has 0 radical (unpaired) electrons. The largest absolute Gasteiger partial charge is 0.336 e. The first-order chi connectivity index (χ1) is 10.2. The van der Waals surface area contributed by atoms with Gasteiger partial charge in [-0.05, 0) is 43.6 Å². The van der Waals surface area contributed by atoms with Gasteiger partial charge in [-0.15, -0.1) is 0 Å². The maximum absolute atomic E-state index is 12.9. The summed E-state index contributed by atoms with van der Waals surface area (Å²) in [7, 11) is 2.16. The molecule has 1 N–H and O–H groups in total. The number of benzene rings is 1. The Balaban J connectivity index is 1.82. The van der Waals surface area contributed by atoms with Crippen LogP contribution in [0.15, 0.2) is 18.2 Å². The van der Waals surface area contributed by atoms with Crippen LogP contribution >= 0.6 is 0 Å². The molecule has 2 heterocycles. The Kier molecular flexibility index (Phi) is 4.27. The van der Waals surface area contributed by atoms with E-state index >= 15 is 0 Å². The molecule has 2 aliphatic heterocycles. The SMILES string of the molecule is CCC1CN(C(=O)c2cccc3c2CCNC3)CCN1C. The summed E-state index contributed by atoms with van der Waals surface area (Å²) in [5.41, 5.74) is 3.47. The zero-order chi connectivity index (χ0) is 14.8. The normalized spacial score (nSPS) is 23.0. The molecule has 0 spiro atoms. The minimum absolute atomic E-state index is 0.223. The van der Waals surface area contributed by atoms with Gasteiger partial charge >= 0.3 is 0 Å². The molecule has 1 unspecified atom stereocenters. The lowest BCUT2D eigenvalue weighted by atomic mass is 9.94. The lowest BCUT2D eigenvalue weighted by Crippen LogP contribution is -2.53. The van der Waals surface area contributed by atoms with E-state index in [9.17, 15) is 4.79 Å². The van der Waals surface area contributed by atoms with Gasteiger partial charge in [-0.3, -0.25) is 9.69 Å². The molecule has 0 aliphatic carbocycles. The van der Waals surface area contributed by atoms with Crippen LogP contribution in [0.25, 0.3) is 0 Å². The van der Waals surface area contributed by atoms with Crippen molar-refractivity contribution in [2.45, 2.75) is 32.4 Å². The van der Waals surface area contributed by atoms with Crippen molar-refractivity contribution in [2.75, 3.05) is 33.2 Å². The Morgan fingerprint density at radius 1 is 1.38 bits per heavy atom. The van der Waals surface area contributed by atoms with Crippen LogP contribution in [0.5, 0.6) is 0 Å². The van der Waals surface area contributed by atoms with Gasteiger partial charge in [0.05, 0.1) is 0 Å². The van der Waals surface area contributed by atoms with Crippen LogP contribution in [-0.4, -0.2) is 55.0 Å². The molecule has 2 aliphatic rings. The first kappa shape index (κ1) is 14.5. The van der Waals surface area contributed by atoms with Crippen molar-refractivity contribution in [1.82, 2.24) is 15.1 Å². The lowest BCUT2D eigenvalue weighted by Gasteiger charge is -2.39. The first-order valence-corrected chi connectivity index (χ1v) is 8.01. The number of nitrogens with one attached hydrogen (secondary N) is 1. The maximum Gasteiger partial charge on any atom is 0.254 e. The Hall–Kier alpha value is -1.39. The fourth-order valence-corrected chi connectivity index (χ4v) is 3.47. The van der Waals surface area contributed by atoms with E-state index < -0.39 is 0 Å². The van der Waals surface area contributed by atoms with E-state index in [2.05, 4.69) is 30.3 Å². The second kappa shape index (κ2) is 6.16. The smallest absolute Gasteiger partial charge is 0.254 e. The first-order valence-electron chi connectivity index (χ1n) is 8.01. The minimum atomic E-state index is 0.223. The van der Waals surface area contributed by atoms with Crippen LogP contribution < -0.4 is 5.32 Å². The number of piperazine rings is 1. The molecule has 114 valence electrons. The highest BCUT2D eigenvalue weighted by Gasteiger charge is 2.28. The van der Waals surface area contributed by atoms with Crippen molar-refractivity contribution in [1.29, 1.82) is 0 Å². The molecule has 0 aromatic heterocycles. The number of hydrogen-bond donors (Lipinski definition) is 1. The summed E-state index contributed by atoms with van der Waals surface area (Å²) in [6.45, 7) is 6.72. The standard InChI is InChI=1S/C17H25N3O/c1-3-14-12-20(10-9-19(14)2)17(21)16-6-4-5-13-11-18-8-7-15(13)16/h4-6,14,18H,3,7-12H2,1-2H3. The van der Waals surface area contributed by atoms with Crippen LogP contribution in [0.3, 0.4) is 0 Å². The van der Waals surface area contributed by atoms with E-state index in [1.807, 2.05) is 17.0 Å². The molecule has 1 amide bonds. The number of fused-ring (bicyclic) bond motifs is 1. The van der Waals surface area contributed by atoms with E-state index in [1.54, 1.807) is 0 Å². The highest BCUT2D eigenvalue weighted by Crippen LogP contribution is 2.22. The molecule has 4 heteroatoms. The summed E-state index contributed by atoms with van der Waals surface area (Å²) in [6, 6.07) is 6.65. The molecule has 1 atom stereocenters. The molecular formula is C17H25N3O. The van der Waals surface area contributed by atoms with E-state index in [0.717, 1.165) is 51.1 Å². The molecule has 21 heavy (non-hydrogen) atoms. The van der Waals surface area contributed by atoms with Crippen LogP contribution in [-0.2, 0) is 13.0 Å². The number of hydrogen-bond acceptors (Lipinski definition) is 3. The molecule has 3 rings (SSSR count). The van der Waals surface area contributed by atoms with Gasteiger partial charge in [-0.25, -0.2) is 0 Å². The fraction of sp³-hybridized carbons (Fsp3) is 0.588. The highest BCUT2D eigenvalue weighted by molar-refractivity contribution is 5.96. The zero-order valence-corrected chi connectivity index (χ0v) is 13.1.